The number of ether oxygens (including phenoxy) is 1. The van der Waals surface area contributed by atoms with Crippen molar-refractivity contribution in [3.63, 3.8) is 0 Å². The minimum absolute atomic E-state index is 0.0608. The Bertz CT molecular complexity index is 1320. The molecular weight excluding hydrogens is 500 g/mol. The van der Waals surface area contributed by atoms with Gasteiger partial charge in [-0.1, -0.05) is 30.3 Å². The topological polar surface area (TPSA) is 73.4 Å². The fourth-order valence-electron chi connectivity index (χ4n) is 5.02. The van der Waals surface area contributed by atoms with Gasteiger partial charge in [0.25, 0.3) is 5.91 Å². The molecule has 200 valence electrons. The monoisotopic (exact) mass is 534 g/mol. The molecule has 9 heteroatoms. The first-order valence-electron chi connectivity index (χ1n) is 13.0. The lowest BCUT2D eigenvalue weighted by Crippen LogP contribution is -2.48. The van der Waals surface area contributed by atoms with Gasteiger partial charge in [-0.2, -0.15) is 4.31 Å². The summed E-state index contributed by atoms with van der Waals surface area (Å²) < 4.78 is 32.5. The fraction of sp³-hybridized carbons (Fsp3) is 0.345. The molecule has 2 saturated heterocycles. The minimum Gasteiger partial charge on any atom is -0.497 e. The van der Waals surface area contributed by atoms with E-state index in [1.807, 2.05) is 47.4 Å². The van der Waals surface area contributed by atoms with Crippen molar-refractivity contribution in [2.45, 2.75) is 11.4 Å². The highest BCUT2D eigenvalue weighted by Gasteiger charge is 2.28. The largest absolute Gasteiger partial charge is 0.497 e. The minimum atomic E-state index is -3.45. The zero-order chi connectivity index (χ0) is 26.5. The Hall–Kier alpha value is -3.40. The van der Waals surface area contributed by atoms with Gasteiger partial charge in [0, 0.05) is 70.2 Å². The van der Waals surface area contributed by atoms with Gasteiger partial charge in [0.2, 0.25) is 10.0 Å². The third-order valence-electron chi connectivity index (χ3n) is 7.32. The molecule has 0 aliphatic carbocycles. The van der Waals surface area contributed by atoms with Crippen LogP contribution in [-0.2, 0) is 16.6 Å². The van der Waals surface area contributed by atoms with Crippen LogP contribution >= 0.6 is 0 Å². The number of benzene rings is 3. The molecule has 0 N–H and O–H groups in total. The Balaban J connectivity index is 1.10. The van der Waals surface area contributed by atoms with Crippen LogP contribution in [-0.4, -0.2) is 87.9 Å². The van der Waals surface area contributed by atoms with E-state index in [0.717, 1.165) is 36.6 Å². The smallest absolute Gasteiger partial charge is 0.253 e. The fourth-order valence-corrected chi connectivity index (χ4v) is 6.47. The van der Waals surface area contributed by atoms with Crippen molar-refractivity contribution in [3.8, 4) is 5.75 Å². The number of sulfonamides is 1. The summed E-state index contributed by atoms with van der Waals surface area (Å²) in [5.41, 5.74) is 2.96. The van der Waals surface area contributed by atoms with Crippen molar-refractivity contribution < 1.29 is 17.9 Å². The molecule has 5 rings (SSSR count). The molecular formula is C29H34N4O4S. The third-order valence-corrected chi connectivity index (χ3v) is 9.24. The van der Waals surface area contributed by atoms with E-state index in [0.29, 0.717) is 49.7 Å². The number of rotatable bonds is 7. The predicted octanol–water partition coefficient (Wildman–Crippen LogP) is 3.16. The summed E-state index contributed by atoms with van der Waals surface area (Å²) in [7, 11) is -1.79. The van der Waals surface area contributed by atoms with Crippen molar-refractivity contribution in [3.05, 3.63) is 90.0 Å². The highest BCUT2D eigenvalue weighted by Crippen LogP contribution is 2.22. The van der Waals surface area contributed by atoms with E-state index < -0.39 is 10.0 Å². The number of carbonyl (C=O) groups is 1. The molecule has 0 radical (unpaired) electrons. The Morgan fingerprint density at radius 1 is 0.763 bits per heavy atom. The van der Waals surface area contributed by atoms with E-state index in [2.05, 4.69) is 21.9 Å². The number of hydrogen-bond donors (Lipinski definition) is 0. The lowest BCUT2D eigenvalue weighted by atomic mass is 10.1. The van der Waals surface area contributed by atoms with E-state index in [1.54, 1.807) is 35.7 Å². The Kier molecular flexibility index (Phi) is 7.97. The van der Waals surface area contributed by atoms with Crippen molar-refractivity contribution >= 4 is 21.6 Å². The van der Waals surface area contributed by atoms with Gasteiger partial charge in [-0.25, -0.2) is 8.42 Å². The highest BCUT2D eigenvalue weighted by molar-refractivity contribution is 7.89. The first kappa shape index (κ1) is 26.2. The van der Waals surface area contributed by atoms with Crippen molar-refractivity contribution in [1.82, 2.24) is 14.1 Å². The first-order valence-corrected chi connectivity index (χ1v) is 14.4. The number of amides is 1. The van der Waals surface area contributed by atoms with Crippen LogP contribution in [0.1, 0.15) is 15.9 Å². The highest BCUT2D eigenvalue weighted by atomic mass is 32.2. The summed E-state index contributed by atoms with van der Waals surface area (Å²) in [4.78, 5) is 19.9. The number of piperazine rings is 2. The summed E-state index contributed by atoms with van der Waals surface area (Å²) in [6, 6.07) is 24.5. The summed E-state index contributed by atoms with van der Waals surface area (Å²) in [6.07, 6.45) is 0. The average Bonchev–Trinajstić information content (AvgIpc) is 2.98. The SMILES string of the molecule is COc1ccc(N2CCN(C(=O)c3ccc(CN4CCN(S(=O)(=O)c5ccccc5)CC4)cc3)CC2)cc1. The maximum atomic E-state index is 13.1. The number of hydrogen-bond acceptors (Lipinski definition) is 6. The molecule has 2 aliphatic rings. The molecule has 2 aliphatic heterocycles. The second-order valence-corrected chi connectivity index (χ2v) is 11.6. The van der Waals surface area contributed by atoms with Crippen LogP contribution < -0.4 is 9.64 Å². The number of nitrogens with zero attached hydrogens (tertiary/aromatic N) is 4. The molecule has 2 fully saturated rings. The van der Waals surface area contributed by atoms with Crippen LogP contribution in [0.3, 0.4) is 0 Å². The van der Waals surface area contributed by atoms with Crippen molar-refractivity contribution in [1.29, 1.82) is 0 Å². The van der Waals surface area contributed by atoms with Gasteiger partial charge >= 0.3 is 0 Å². The van der Waals surface area contributed by atoms with E-state index in [1.165, 1.54) is 0 Å². The molecule has 38 heavy (non-hydrogen) atoms. The Morgan fingerprint density at radius 2 is 1.39 bits per heavy atom. The van der Waals surface area contributed by atoms with Crippen molar-refractivity contribution in [2.24, 2.45) is 0 Å². The van der Waals surface area contributed by atoms with Gasteiger partial charge in [-0.3, -0.25) is 9.69 Å². The van der Waals surface area contributed by atoms with E-state index in [-0.39, 0.29) is 5.91 Å². The van der Waals surface area contributed by atoms with Gasteiger partial charge in [0.1, 0.15) is 5.75 Å². The molecule has 0 bridgehead atoms. The first-order chi connectivity index (χ1) is 18.4. The maximum Gasteiger partial charge on any atom is 0.253 e. The van der Waals surface area contributed by atoms with Gasteiger partial charge in [-0.15, -0.1) is 0 Å². The van der Waals surface area contributed by atoms with E-state index in [9.17, 15) is 13.2 Å². The predicted molar refractivity (Wildman–Crippen MR) is 148 cm³/mol. The third kappa shape index (κ3) is 5.85. The molecule has 3 aromatic rings. The maximum absolute atomic E-state index is 13.1. The average molecular weight is 535 g/mol. The lowest BCUT2D eigenvalue weighted by molar-refractivity contribution is 0.0746. The summed E-state index contributed by atoms with van der Waals surface area (Å²) in [6.45, 7) is 5.97. The lowest BCUT2D eigenvalue weighted by Gasteiger charge is -2.36. The molecule has 0 spiro atoms. The van der Waals surface area contributed by atoms with E-state index >= 15 is 0 Å². The summed E-state index contributed by atoms with van der Waals surface area (Å²) in [5.74, 6) is 0.898. The quantitative estimate of drug-likeness (QED) is 0.464. The van der Waals surface area contributed by atoms with Crippen LogP contribution in [0.4, 0.5) is 5.69 Å². The van der Waals surface area contributed by atoms with Gasteiger partial charge in [0.15, 0.2) is 0 Å². The molecule has 1 amide bonds. The number of methoxy groups -OCH3 is 1. The molecule has 2 heterocycles. The molecule has 0 atom stereocenters. The van der Waals surface area contributed by atoms with Crippen LogP contribution in [0.15, 0.2) is 83.8 Å². The van der Waals surface area contributed by atoms with Gasteiger partial charge < -0.3 is 14.5 Å². The van der Waals surface area contributed by atoms with Gasteiger partial charge in [-0.05, 0) is 54.1 Å². The molecule has 0 unspecified atom stereocenters. The van der Waals surface area contributed by atoms with Gasteiger partial charge in [0.05, 0.1) is 12.0 Å². The molecule has 0 saturated carbocycles. The van der Waals surface area contributed by atoms with Crippen LogP contribution in [0.25, 0.3) is 0 Å². The molecule has 8 nitrogen and oxygen atoms in total. The van der Waals surface area contributed by atoms with E-state index in [4.69, 9.17) is 4.74 Å². The van der Waals surface area contributed by atoms with Crippen molar-refractivity contribution in [2.75, 3.05) is 64.4 Å². The van der Waals surface area contributed by atoms with Crippen LogP contribution in [0.2, 0.25) is 0 Å². The Labute approximate surface area is 225 Å². The number of anilines is 1. The normalized spacial score (nSPS) is 17.4. The van der Waals surface area contributed by atoms with Crippen LogP contribution in [0, 0.1) is 0 Å². The second kappa shape index (κ2) is 11.6. The summed E-state index contributed by atoms with van der Waals surface area (Å²) >= 11 is 0. The second-order valence-electron chi connectivity index (χ2n) is 9.67. The zero-order valence-electron chi connectivity index (χ0n) is 21.7. The Morgan fingerprint density at radius 3 is 2.00 bits per heavy atom. The summed E-state index contributed by atoms with van der Waals surface area (Å²) in [5, 5.41) is 0. The number of carbonyl (C=O) groups excluding carboxylic acids is 1. The molecule has 0 aromatic heterocycles. The van der Waals surface area contributed by atoms with Crippen LogP contribution in [0.5, 0.6) is 5.75 Å². The molecule has 3 aromatic carbocycles. The standard InChI is InChI=1S/C29H34N4O4S/c1-37-27-13-11-26(12-14-27)31-17-19-32(20-18-31)29(34)25-9-7-24(8-10-25)23-30-15-21-33(22-16-30)38(35,36)28-5-3-2-4-6-28/h2-14H,15-23H2,1H3. The zero-order valence-corrected chi connectivity index (χ0v) is 22.5.